The Labute approximate surface area is 95.7 Å². The van der Waals surface area contributed by atoms with Crippen LogP contribution in [0.5, 0.6) is 0 Å². The van der Waals surface area contributed by atoms with Gasteiger partial charge in [-0.3, -0.25) is 0 Å². The van der Waals surface area contributed by atoms with Crippen molar-refractivity contribution >= 4 is 5.69 Å². The molecule has 0 radical (unpaired) electrons. The summed E-state index contributed by atoms with van der Waals surface area (Å²) in [7, 11) is 0. The fraction of sp³-hybridized carbons (Fsp3) is 0.538. The largest absolute Gasteiger partial charge is 0.386 e. The third-order valence-corrected chi connectivity index (χ3v) is 3.06. The van der Waals surface area contributed by atoms with Crippen molar-refractivity contribution in [2.45, 2.75) is 32.3 Å². The van der Waals surface area contributed by atoms with E-state index in [4.69, 9.17) is 0 Å². The summed E-state index contributed by atoms with van der Waals surface area (Å²) in [5.41, 5.74) is 0.528. The summed E-state index contributed by atoms with van der Waals surface area (Å²) in [6.07, 6.45) is 2.32. The van der Waals surface area contributed by atoms with Crippen LogP contribution in [-0.4, -0.2) is 18.2 Å². The molecule has 2 nitrogen and oxygen atoms in total. The Balaban J connectivity index is 2.35. The first-order valence-corrected chi connectivity index (χ1v) is 5.75. The van der Waals surface area contributed by atoms with E-state index in [0.717, 1.165) is 31.6 Å². The molecule has 1 aliphatic heterocycles. The van der Waals surface area contributed by atoms with E-state index in [1.54, 1.807) is 19.9 Å². The van der Waals surface area contributed by atoms with Crippen LogP contribution < -0.4 is 4.90 Å². The maximum atomic E-state index is 13.5. The quantitative estimate of drug-likeness (QED) is 0.833. The van der Waals surface area contributed by atoms with E-state index in [1.807, 2.05) is 6.07 Å². The van der Waals surface area contributed by atoms with Crippen LogP contribution in [0, 0.1) is 5.82 Å². The van der Waals surface area contributed by atoms with Crippen LogP contribution in [0.3, 0.4) is 0 Å². The Bertz CT molecular complexity index is 378. The van der Waals surface area contributed by atoms with E-state index >= 15 is 0 Å². The Morgan fingerprint density at radius 1 is 1.19 bits per heavy atom. The fourth-order valence-corrected chi connectivity index (χ4v) is 2.09. The second kappa shape index (κ2) is 4.06. The van der Waals surface area contributed by atoms with Crippen LogP contribution in [0.2, 0.25) is 0 Å². The third kappa shape index (κ3) is 2.35. The summed E-state index contributed by atoms with van der Waals surface area (Å²) < 4.78 is 13.5. The smallest absolute Gasteiger partial charge is 0.125 e. The van der Waals surface area contributed by atoms with E-state index in [0.29, 0.717) is 5.56 Å². The molecule has 1 aromatic carbocycles. The molecular weight excluding hydrogens is 205 g/mol. The SMILES string of the molecule is CC(C)(O)c1cc(F)cc(N2CCCC2)c1. The van der Waals surface area contributed by atoms with E-state index in [2.05, 4.69) is 4.90 Å². The molecule has 0 bridgehead atoms. The first kappa shape index (κ1) is 11.4. The van der Waals surface area contributed by atoms with Crippen LogP contribution in [0.15, 0.2) is 18.2 Å². The first-order valence-electron chi connectivity index (χ1n) is 5.75. The highest BCUT2D eigenvalue weighted by atomic mass is 19.1. The van der Waals surface area contributed by atoms with Gasteiger partial charge in [-0.25, -0.2) is 4.39 Å². The van der Waals surface area contributed by atoms with Gasteiger partial charge >= 0.3 is 0 Å². The Hall–Kier alpha value is -1.09. The standard InChI is InChI=1S/C13H18FNO/c1-13(2,16)10-7-11(14)9-12(8-10)15-5-3-4-6-15/h7-9,16H,3-6H2,1-2H3. The van der Waals surface area contributed by atoms with Crippen molar-refractivity contribution in [3.8, 4) is 0 Å². The number of hydrogen-bond donors (Lipinski definition) is 1. The summed E-state index contributed by atoms with van der Waals surface area (Å²) in [6.45, 7) is 5.31. The molecule has 0 atom stereocenters. The topological polar surface area (TPSA) is 23.5 Å². The van der Waals surface area contributed by atoms with E-state index in [9.17, 15) is 9.50 Å². The number of nitrogens with zero attached hydrogens (tertiary/aromatic N) is 1. The molecule has 1 fully saturated rings. The van der Waals surface area contributed by atoms with Crippen molar-refractivity contribution in [1.82, 2.24) is 0 Å². The first-order chi connectivity index (χ1) is 7.47. The van der Waals surface area contributed by atoms with E-state index in [-0.39, 0.29) is 5.82 Å². The average Bonchev–Trinajstić information content (AvgIpc) is 2.68. The second-order valence-electron chi connectivity index (χ2n) is 4.95. The zero-order chi connectivity index (χ0) is 11.8. The van der Waals surface area contributed by atoms with E-state index in [1.165, 1.54) is 6.07 Å². The lowest BCUT2D eigenvalue weighted by molar-refractivity contribution is 0.0783. The maximum absolute atomic E-state index is 13.5. The van der Waals surface area contributed by atoms with Gasteiger partial charge < -0.3 is 10.0 Å². The third-order valence-electron chi connectivity index (χ3n) is 3.06. The fourth-order valence-electron chi connectivity index (χ4n) is 2.09. The minimum atomic E-state index is -0.990. The minimum Gasteiger partial charge on any atom is -0.386 e. The van der Waals surface area contributed by atoms with Gasteiger partial charge in [0.05, 0.1) is 5.60 Å². The molecule has 1 N–H and O–H groups in total. The van der Waals surface area contributed by atoms with Gasteiger partial charge in [0.25, 0.3) is 0 Å². The summed E-state index contributed by atoms with van der Waals surface area (Å²) >= 11 is 0. The van der Waals surface area contributed by atoms with E-state index < -0.39 is 5.60 Å². The molecule has 0 saturated carbocycles. The highest BCUT2D eigenvalue weighted by molar-refractivity contribution is 5.50. The zero-order valence-corrected chi connectivity index (χ0v) is 9.83. The van der Waals surface area contributed by atoms with Crippen molar-refractivity contribution in [2.24, 2.45) is 0 Å². The molecule has 1 aromatic rings. The summed E-state index contributed by atoms with van der Waals surface area (Å²) in [5, 5.41) is 9.90. The molecule has 1 saturated heterocycles. The van der Waals surface area contributed by atoms with Gasteiger partial charge in [-0.15, -0.1) is 0 Å². The molecule has 88 valence electrons. The summed E-state index contributed by atoms with van der Waals surface area (Å²) in [4.78, 5) is 2.16. The van der Waals surface area contributed by atoms with Crippen molar-refractivity contribution in [3.63, 3.8) is 0 Å². The molecule has 0 amide bonds. The van der Waals surface area contributed by atoms with Gasteiger partial charge in [0.15, 0.2) is 0 Å². The molecule has 16 heavy (non-hydrogen) atoms. The second-order valence-corrected chi connectivity index (χ2v) is 4.95. The Kier molecular flexibility index (Phi) is 2.89. The normalized spacial score (nSPS) is 16.9. The monoisotopic (exact) mass is 223 g/mol. The highest BCUT2D eigenvalue weighted by Gasteiger charge is 2.20. The molecule has 2 rings (SSSR count). The molecule has 3 heteroatoms. The lowest BCUT2D eigenvalue weighted by atomic mass is 9.97. The lowest BCUT2D eigenvalue weighted by Crippen LogP contribution is -2.20. The average molecular weight is 223 g/mol. The number of rotatable bonds is 2. The number of halogens is 1. The molecule has 0 aliphatic carbocycles. The maximum Gasteiger partial charge on any atom is 0.125 e. The van der Waals surface area contributed by atoms with Crippen LogP contribution in [-0.2, 0) is 5.60 Å². The van der Waals surface area contributed by atoms with Gasteiger partial charge in [0.2, 0.25) is 0 Å². The van der Waals surface area contributed by atoms with Crippen LogP contribution in [0.1, 0.15) is 32.3 Å². The van der Waals surface area contributed by atoms with Crippen LogP contribution >= 0.6 is 0 Å². The Morgan fingerprint density at radius 2 is 1.81 bits per heavy atom. The zero-order valence-electron chi connectivity index (χ0n) is 9.83. The summed E-state index contributed by atoms with van der Waals surface area (Å²) in [5.74, 6) is -0.276. The van der Waals surface area contributed by atoms with Crippen LogP contribution in [0.25, 0.3) is 0 Å². The predicted octanol–water partition coefficient (Wildman–Crippen LogP) is 2.65. The number of aliphatic hydroxyl groups is 1. The van der Waals surface area contributed by atoms with Gasteiger partial charge in [-0.05, 0) is 50.5 Å². The Morgan fingerprint density at radius 3 is 2.38 bits per heavy atom. The minimum absolute atomic E-state index is 0.276. The van der Waals surface area contributed by atoms with Gasteiger partial charge in [-0.1, -0.05) is 0 Å². The predicted molar refractivity (Wildman–Crippen MR) is 63.1 cm³/mol. The van der Waals surface area contributed by atoms with Crippen molar-refractivity contribution in [2.75, 3.05) is 18.0 Å². The van der Waals surface area contributed by atoms with Gasteiger partial charge in [0.1, 0.15) is 5.82 Å². The van der Waals surface area contributed by atoms with Crippen molar-refractivity contribution in [1.29, 1.82) is 0 Å². The number of benzene rings is 1. The molecule has 1 heterocycles. The number of hydrogen-bond acceptors (Lipinski definition) is 2. The van der Waals surface area contributed by atoms with Crippen molar-refractivity contribution in [3.05, 3.63) is 29.6 Å². The van der Waals surface area contributed by atoms with Gasteiger partial charge in [-0.2, -0.15) is 0 Å². The highest BCUT2D eigenvalue weighted by Crippen LogP contribution is 2.28. The van der Waals surface area contributed by atoms with Crippen LogP contribution in [0.4, 0.5) is 10.1 Å². The number of anilines is 1. The molecule has 0 aromatic heterocycles. The van der Waals surface area contributed by atoms with Crippen molar-refractivity contribution < 1.29 is 9.50 Å². The molecule has 1 aliphatic rings. The molecule has 0 spiro atoms. The summed E-state index contributed by atoms with van der Waals surface area (Å²) in [6, 6.07) is 4.83. The molecular formula is C13H18FNO. The molecule has 0 unspecified atom stereocenters. The van der Waals surface area contributed by atoms with Gasteiger partial charge in [0, 0.05) is 18.8 Å². The lowest BCUT2D eigenvalue weighted by Gasteiger charge is -2.23.